The van der Waals surface area contributed by atoms with Crippen molar-refractivity contribution in [2.45, 2.75) is 6.42 Å². The van der Waals surface area contributed by atoms with Gasteiger partial charge in [0.2, 0.25) is 5.91 Å². The summed E-state index contributed by atoms with van der Waals surface area (Å²) in [5.41, 5.74) is 0.704. The van der Waals surface area contributed by atoms with E-state index < -0.39 is 0 Å². The van der Waals surface area contributed by atoms with Crippen molar-refractivity contribution < 1.29 is 19.0 Å². The lowest BCUT2D eigenvalue weighted by molar-refractivity contribution is -0.120. The van der Waals surface area contributed by atoms with Crippen molar-refractivity contribution in [3.63, 3.8) is 0 Å². The Kier molecular flexibility index (Phi) is 4.63. The maximum atomic E-state index is 11.4. The van der Waals surface area contributed by atoms with Gasteiger partial charge in [0.05, 0.1) is 27.8 Å². The largest absolute Gasteiger partial charge is 0.496 e. The van der Waals surface area contributed by atoms with Gasteiger partial charge in [-0.05, 0) is 0 Å². The van der Waals surface area contributed by atoms with Gasteiger partial charge in [-0.3, -0.25) is 4.79 Å². The topological polar surface area (TPSA) is 56.8 Å². The maximum absolute atomic E-state index is 11.4. The average molecular weight is 239 g/mol. The van der Waals surface area contributed by atoms with Gasteiger partial charge in [0.1, 0.15) is 17.2 Å². The van der Waals surface area contributed by atoms with Crippen molar-refractivity contribution >= 4 is 5.91 Å². The fraction of sp³-hybridized carbons (Fsp3) is 0.417. The lowest BCUT2D eigenvalue weighted by atomic mass is 10.1. The summed E-state index contributed by atoms with van der Waals surface area (Å²) in [6.45, 7) is 0. The summed E-state index contributed by atoms with van der Waals surface area (Å²) in [5.74, 6) is 1.67. The van der Waals surface area contributed by atoms with E-state index in [-0.39, 0.29) is 12.3 Å². The third-order valence-corrected chi connectivity index (χ3v) is 2.43. The second-order valence-corrected chi connectivity index (χ2v) is 3.36. The van der Waals surface area contributed by atoms with Gasteiger partial charge in [0, 0.05) is 24.7 Å². The number of ether oxygens (including phenoxy) is 3. The molecule has 0 saturated heterocycles. The number of hydrogen-bond donors (Lipinski definition) is 1. The van der Waals surface area contributed by atoms with Gasteiger partial charge >= 0.3 is 0 Å². The summed E-state index contributed by atoms with van der Waals surface area (Å²) in [6, 6.07) is 3.45. The minimum Gasteiger partial charge on any atom is -0.496 e. The highest BCUT2D eigenvalue weighted by molar-refractivity contribution is 5.80. The Bertz CT molecular complexity index is 378. The number of benzene rings is 1. The molecule has 1 amide bonds. The van der Waals surface area contributed by atoms with Crippen LogP contribution < -0.4 is 19.5 Å². The maximum Gasteiger partial charge on any atom is 0.224 e. The van der Waals surface area contributed by atoms with Crippen LogP contribution in [0.1, 0.15) is 5.56 Å². The van der Waals surface area contributed by atoms with E-state index >= 15 is 0 Å². The Labute approximate surface area is 101 Å². The third-order valence-electron chi connectivity index (χ3n) is 2.43. The molecule has 0 saturated carbocycles. The zero-order chi connectivity index (χ0) is 12.8. The van der Waals surface area contributed by atoms with E-state index in [4.69, 9.17) is 14.2 Å². The zero-order valence-corrected chi connectivity index (χ0v) is 10.5. The number of likely N-dealkylation sites (N-methyl/N-ethyl adjacent to an activating group) is 1. The predicted octanol–water partition coefficient (Wildman–Crippen LogP) is 1.00. The van der Waals surface area contributed by atoms with Gasteiger partial charge in [-0.25, -0.2) is 0 Å². The first-order chi connectivity index (χ1) is 8.15. The Morgan fingerprint density at radius 1 is 1.12 bits per heavy atom. The van der Waals surface area contributed by atoms with Crippen molar-refractivity contribution in [3.05, 3.63) is 17.7 Å². The molecule has 94 valence electrons. The van der Waals surface area contributed by atoms with Gasteiger partial charge in [0.15, 0.2) is 0 Å². The van der Waals surface area contributed by atoms with Crippen LogP contribution >= 0.6 is 0 Å². The Hall–Kier alpha value is -1.91. The van der Waals surface area contributed by atoms with Gasteiger partial charge in [-0.2, -0.15) is 0 Å². The molecule has 0 radical (unpaired) electrons. The van der Waals surface area contributed by atoms with Crippen LogP contribution in [-0.4, -0.2) is 34.3 Å². The van der Waals surface area contributed by atoms with E-state index in [9.17, 15) is 4.79 Å². The van der Waals surface area contributed by atoms with Crippen LogP contribution in [0.5, 0.6) is 17.2 Å². The first-order valence-electron chi connectivity index (χ1n) is 5.15. The van der Waals surface area contributed by atoms with Crippen molar-refractivity contribution in [1.29, 1.82) is 0 Å². The minimum absolute atomic E-state index is 0.105. The molecule has 0 bridgehead atoms. The van der Waals surface area contributed by atoms with Gasteiger partial charge < -0.3 is 19.5 Å². The van der Waals surface area contributed by atoms with Crippen molar-refractivity contribution in [1.82, 2.24) is 5.32 Å². The van der Waals surface area contributed by atoms with E-state index in [0.29, 0.717) is 22.8 Å². The van der Waals surface area contributed by atoms with Crippen LogP contribution in [0.15, 0.2) is 12.1 Å². The molecule has 5 nitrogen and oxygen atoms in total. The normalized spacial score (nSPS) is 9.65. The third kappa shape index (κ3) is 3.03. The monoisotopic (exact) mass is 239 g/mol. The average Bonchev–Trinajstić information content (AvgIpc) is 2.38. The standard InChI is InChI=1S/C12H17NO4/c1-13-12(14)7-9-10(16-3)5-8(15-2)6-11(9)17-4/h5-6H,7H2,1-4H3,(H,13,14). The Morgan fingerprint density at radius 2 is 1.65 bits per heavy atom. The van der Waals surface area contributed by atoms with Crippen LogP contribution in [0.2, 0.25) is 0 Å². The molecule has 5 heteroatoms. The minimum atomic E-state index is -0.105. The first kappa shape index (κ1) is 13.2. The second kappa shape index (κ2) is 5.98. The van der Waals surface area contributed by atoms with Crippen LogP contribution in [0.3, 0.4) is 0 Å². The molecule has 0 aliphatic carbocycles. The van der Waals surface area contributed by atoms with Crippen LogP contribution in [0.25, 0.3) is 0 Å². The molecule has 0 spiro atoms. The lowest BCUT2D eigenvalue weighted by Gasteiger charge is -2.14. The summed E-state index contributed by atoms with van der Waals surface area (Å²) in [6.07, 6.45) is 0.201. The van der Waals surface area contributed by atoms with Crippen LogP contribution in [0.4, 0.5) is 0 Å². The Morgan fingerprint density at radius 3 is 2.00 bits per heavy atom. The molecule has 0 fully saturated rings. The first-order valence-corrected chi connectivity index (χ1v) is 5.15. The van der Waals surface area contributed by atoms with Crippen molar-refractivity contribution in [2.24, 2.45) is 0 Å². The number of hydrogen-bond acceptors (Lipinski definition) is 4. The number of nitrogens with one attached hydrogen (secondary N) is 1. The molecule has 0 aromatic heterocycles. The summed E-state index contributed by atoms with van der Waals surface area (Å²) >= 11 is 0. The van der Waals surface area contributed by atoms with Crippen LogP contribution in [0, 0.1) is 0 Å². The lowest BCUT2D eigenvalue weighted by Crippen LogP contribution is -2.20. The quantitative estimate of drug-likeness (QED) is 0.833. The summed E-state index contributed by atoms with van der Waals surface area (Å²) in [4.78, 5) is 11.4. The molecule has 0 atom stereocenters. The summed E-state index contributed by atoms with van der Waals surface area (Å²) in [5, 5.41) is 2.56. The number of amides is 1. The Balaban J connectivity index is 3.19. The summed E-state index contributed by atoms with van der Waals surface area (Å²) in [7, 11) is 6.24. The molecule has 0 unspecified atom stereocenters. The highest BCUT2D eigenvalue weighted by Gasteiger charge is 2.15. The van der Waals surface area contributed by atoms with E-state index in [1.165, 1.54) is 0 Å². The molecule has 17 heavy (non-hydrogen) atoms. The molecule has 1 rings (SSSR count). The van der Waals surface area contributed by atoms with E-state index in [1.807, 2.05) is 0 Å². The molecule has 0 aliphatic heterocycles. The van der Waals surface area contributed by atoms with Crippen molar-refractivity contribution in [3.8, 4) is 17.2 Å². The summed E-state index contributed by atoms with van der Waals surface area (Å²) < 4.78 is 15.6. The predicted molar refractivity (Wildman–Crippen MR) is 63.9 cm³/mol. The molecular formula is C12H17NO4. The number of methoxy groups -OCH3 is 3. The van der Waals surface area contributed by atoms with Gasteiger partial charge in [0.25, 0.3) is 0 Å². The molecule has 0 heterocycles. The number of carbonyl (C=O) groups excluding carboxylic acids is 1. The fourth-order valence-corrected chi connectivity index (χ4v) is 1.50. The molecule has 1 aromatic rings. The zero-order valence-electron chi connectivity index (χ0n) is 10.5. The van der Waals surface area contributed by atoms with Gasteiger partial charge in [-0.15, -0.1) is 0 Å². The van der Waals surface area contributed by atoms with E-state index in [2.05, 4.69) is 5.32 Å². The van der Waals surface area contributed by atoms with Crippen molar-refractivity contribution in [2.75, 3.05) is 28.4 Å². The number of carbonyl (C=O) groups is 1. The highest BCUT2D eigenvalue weighted by Crippen LogP contribution is 2.34. The molecule has 1 aromatic carbocycles. The smallest absolute Gasteiger partial charge is 0.224 e. The number of rotatable bonds is 5. The second-order valence-electron chi connectivity index (χ2n) is 3.36. The molecule has 1 N–H and O–H groups in total. The molecular weight excluding hydrogens is 222 g/mol. The molecule has 0 aliphatic rings. The highest BCUT2D eigenvalue weighted by atomic mass is 16.5. The SMILES string of the molecule is CNC(=O)Cc1c(OC)cc(OC)cc1OC. The van der Waals surface area contributed by atoms with E-state index in [0.717, 1.165) is 0 Å². The van der Waals surface area contributed by atoms with E-state index in [1.54, 1.807) is 40.5 Å². The fourth-order valence-electron chi connectivity index (χ4n) is 1.50. The van der Waals surface area contributed by atoms with Crippen LogP contribution in [-0.2, 0) is 11.2 Å². The van der Waals surface area contributed by atoms with Gasteiger partial charge in [-0.1, -0.05) is 0 Å².